The predicted octanol–water partition coefficient (Wildman–Crippen LogP) is 2.04. The molecule has 2 aromatic rings. The SMILES string of the molecule is CC(=O)c1nnc(C(C)=O)c2ccccc12. The quantitative estimate of drug-likeness (QED) is 0.717. The van der Waals surface area contributed by atoms with E-state index in [0.717, 1.165) is 0 Å². The highest BCUT2D eigenvalue weighted by Crippen LogP contribution is 2.19. The van der Waals surface area contributed by atoms with Gasteiger partial charge in [0.2, 0.25) is 0 Å². The topological polar surface area (TPSA) is 59.9 Å². The van der Waals surface area contributed by atoms with Gasteiger partial charge in [-0.25, -0.2) is 0 Å². The first kappa shape index (κ1) is 10.4. The van der Waals surface area contributed by atoms with Crippen LogP contribution in [0.3, 0.4) is 0 Å². The van der Waals surface area contributed by atoms with Crippen molar-refractivity contribution < 1.29 is 9.59 Å². The van der Waals surface area contributed by atoms with Gasteiger partial charge in [0.05, 0.1) is 0 Å². The third kappa shape index (κ3) is 1.58. The maximum Gasteiger partial charge on any atom is 0.180 e. The number of Topliss-reactive ketones (excluding diaryl/α,β-unsaturated/α-hetero) is 2. The Hall–Kier alpha value is -2.10. The Morgan fingerprint density at radius 3 is 1.56 bits per heavy atom. The van der Waals surface area contributed by atoms with Crippen LogP contribution in [0, 0.1) is 0 Å². The van der Waals surface area contributed by atoms with Crippen LogP contribution in [-0.2, 0) is 0 Å². The van der Waals surface area contributed by atoms with Gasteiger partial charge in [-0.2, -0.15) is 0 Å². The summed E-state index contributed by atoms with van der Waals surface area (Å²) >= 11 is 0. The largest absolute Gasteiger partial charge is 0.293 e. The lowest BCUT2D eigenvalue weighted by Gasteiger charge is -2.04. The van der Waals surface area contributed by atoms with Crippen LogP contribution in [0.1, 0.15) is 34.8 Å². The van der Waals surface area contributed by atoms with Gasteiger partial charge in [0.15, 0.2) is 11.6 Å². The molecule has 0 aliphatic carbocycles. The van der Waals surface area contributed by atoms with E-state index in [1.807, 2.05) is 0 Å². The first-order valence-electron chi connectivity index (χ1n) is 4.88. The van der Waals surface area contributed by atoms with Crippen LogP contribution in [0.5, 0.6) is 0 Å². The number of hydrogen-bond donors (Lipinski definition) is 0. The van der Waals surface area contributed by atoms with Gasteiger partial charge < -0.3 is 0 Å². The van der Waals surface area contributed by atoms with Crippen LogP contribution in [0.25, 0.3) is 10.8 Å². The molecule has 80 valence electrons. The van der Waals surface area contributed by atoms with Gasteiger partial charge in [0, 0.05) is 24.6 Å². The van der Waals surface area contributed by atoms with Crippen LogP contribution >= 0.6 is 0 Å². The van der Waals surface area contributed by atoms with Crippen molar-refractivity contribution in [2.45, 2.75) is 13.8 Å². The molecule has 0 spiro atoms. The number of hydrogen-bond acceptors (Lipinski definition) is 4. The molecule has 16 heavy (non-hydrogen) atoms. The number of rotatable bonds is 2. The maximum atomic E-state index is 11.4. The minimum Gasteiger partial charge on any atom is -0.293 e. The number of ketones is 2. The fourth-order valence-corrected chi connectivity index (χ4v) is 1.62. The van der Waals surface area contributed by atoms with Crippen molar-refractivity contribution in [3.05, 3.63) is 35.7 Å². The molecule has 0 amide bonds. The van der Waals surface area contributed by atoms with Gasteiger partial charge in [-0.05, 0) is 0 Å². The van der Waals surface area contributed by atoms with Gasteiger partial charge in [0.1, 0.15) is 11.4 Å². The van der Waals surface area contributed by atoms with Gasteiger partial charge in [-0.15, -0.1) is 10.2 Å². The first-order valence-corrected chi connectivity index (χ1v) is 4.88. The Kier molecular flexibility index (Phi) is 2.48. The Bertz CT molecular complexity index is 538. The van der Waals surface area contributed by atoms with Crippen molar-refractivity contribution in [2.75, 3.05) is 0 Å². The molecule has 0 unspecified atom stereocenters. The summed E-state index contributed by atoms with van der Waals surface area (Å²) in [6, 6.07) is 7.15. The fourth-order valence-electron chi connectivity index (χ4n) is 1.62. The highest BCUT2D eigenvalue weighted by Gasteiger charge is 2.13. The van der Waals surface area contributed by atoms with E-state index in [9.17, 15) is 9.59 Å². The van der Waals surface area contributed by atoms with Crippen molar-refractivity contribution in [1.29, 1.82) is 0 Å². The van der Waals surface area contributed by atoms with E-state index < -0.39 is 0 Å². The molecule has 0 aliphatic heterocycles. The molecular weight excluding hydrogens is 204 g/mol. The molecule has 2 rings (SSSR count). The number of fused-ring (bicyclic) bond motifs is 1. The van der Waals surface area contributed by atoms with Crippen LogP contribution in [0.2, 0.25) is 0 Å². The second kappa shape index (κ2) is 3.81. The zero-order valence-corrected chi connectivity index (χ0v) is 9.02. The average molecular weight is 214 g/mol. The van der Waals surface area contributed by atoms with Crippen molar-refractivity contribution in [1.82, 2.24) is 10.2 Å². The summed E-state index contributed by atoms with van der Waals surface area (Å²) < 4.78 is 0. The van der Waals surface area contributed by atoms with Crippen LogP contribution in [0.4, 0.5) is 0 Å². The molecule has 1 heterocycles. The van der Waals surface area contributed by atoms with Crippen LogP contribution < -0.4 is 0 Å². The Morgan fingerprint density at radius 1 is 0.875 bits per heavy atom. The normalized spacial score (nSPS) is 10.4. The average Bonchev–Trinajstić information content (AvgIpc) is 2.27. The number of carbonyl (C=O) groups is 2. The smallest absolute Gasteiger partial charge is 0.180 e. The fraction of sp³-hybridized carbons (Fsp3) is 0.167. The third-order valence-electron chi connectivity index (χ3n) is 2.35. The summed E-state index contributed by atoms with van der Waals surface area (Å²) in [5.41, 5.74) is 0.612. The zero-order chi connectivity index (χ0) is 11.7. The lowest BCUT2D eigenvalue weighted by atomic mass is 10.1. The second-order valence-electron chi connectivity index (χ2n) is 3.56. The standard InChI is InChI=1S/C12H10N2O2/c1-7(15)11-9-5-3-4-6-10(9)12(8(2)16)14-13-11/h3-6H,1-2H3. The van der Waals surface area contributed by atoms with E-state index in [1.54, 1.807) is 24.3 Å². The minimum absolute atomic E-state index is 0.154. The number of benzene rings is 1. The van der Waals surface area contributed by atoms with Crippen molar-refractivity contribution >= 4 is 22.3 Å². The number of carbonyl (C=O) groups excluding carboxylic acids is 2. The predicted molar refractivity (Wildman–Crippen MR) is 59.5 cm³/mol. The minimum atomic E-state index is -0.154. The zero-order valence-electron chi connectivity index (χ0n) is 9.02. The molecule has 0 fully saturated rings. The lowest BCUT2D eigenvalue weighted by Crippen LogP contribution is -2.06. The van der Waals surface area contributed by atoms with Crippen LogP contribution in [0.15, 0.2) is 24.3 Å². The van der Waals surface area contributed by atoms with Gasteiger partial charge >= 0.3 is 0 Å². The molecule has 0 saturated heterocycles. The molecule has 0 N–H and O–H groups in total. The van der Waals surface area contributed by atoms with Gasteiger partial charge in [0.25, 0.3) is 0 Å². The summed E-state index contributed by atoms with van der Waals surface area (Å²) in [5.74, 6) is -0.308. The first-order chi connectivity index (χ1) is 7.61. The van der Waals surface area contributed by atoms with Crippen molar-refractivity contribution in [3.63, 3.8) is 0 Å². The molecule has 4 heteroatoms. The maximum absolute atomic E-state index is 11.4. The Morgan fingerprint density at radius 2 is 1.25 bits per heavy atom. The molecule has 0 atom stereocenters. The Labute approximate surface area is 92.3 Å². The van der Waals surface area contributed by atoms with Crippen molar-refractivity contribution in [2.24, 2.45) is 0 Å². The highest BCUT2D eigenvalue weighted by molar-refractivity contribution is 6.11. The molecular formula is C12H10N2O2. The number of aromatic nitrogens is 2. The van der Waals surface area contributed by atoms with E-state index >= 15 is 0 Å². The monoisotopic (exact) mass is 214 g/mol. The van der Waals surface area contributed by atoms with E-state index in [2.05, 4.69) is 10.2 Å². The highest BCUT2D eigenvalue weighted by atomic mass is 16.1. The molecule has 0 saturated carbocycles. The molecule has 0 aliphatic rings. The van der Waals surface area contributed by atoms with E-state index in [0.29, 0.717) is 22.2 Å². The summed E-state index contributed by atoms with van der Waals surface area (Å²) in [6.07, 6.45) is 0. The molecule has 1 aromatic heterocycles. The summed E-state index contributed by atoms with van der Waals surface area (Å²) in [7, 11) is 0. The van der Waals surface area contributed by atoms with Gasteiger partial charge in [-0.1, -0.05) is 24.3 Å². The molecule has 1 aromatic carbocycles. The van der Waals surface area contributed by atoms with Crippen LogP contribution in [-0.4, -0.2) is 21.8 Å². The summed E-state index contributed by atoms with van der Waals surface area (Å²) in [4.78, 5) is 22.7. The van der Waals surface area contributed by atoms with E-state index in [1.165, 1.54) is 13.8 Å². The lowest BCUT2D eigenvalue weighted by molar-refractivity contribution is 0.0995. The Balaban J connectivity index is 2.87. The molecule has 0 radical (unpaired) electrons. The summed E-state index contributed by atoms with van der Waals surface area (Å²) in [6.45, 7) is 2.87. The van der Waals surface area contributed by atoms with E-state index in [-0.39, 0.29) is 11.6 Å². The van der Waals surface area contributed by atoms with Crippen molar-refractivity contribution in [3.8, 4) is 0 Å². The summed E-state index contributed by atoms with van der Waals surface area (Å²) in [5, 5.41) is 8.97. The van der Waals surface area contributed by atoms with E-state index in [4.69, 9.17) is 0 Å². The molecule has 4 nitrogen and oxygen atoms in total. The third-order valence-corrected chi connectivity index (χ3v) is 2.35. The van der Waals surface area contributed by atoms with Gasteiger partial charge in [-0.3, -0.25) is 9.59 Å². The second-order valence-corrected chi connectivity index (χ2v) is 3.56. The number of nitrogens with zero attached hydrogens (tertiary/aromatic N) is 2. The molecule has 0 bridgehead atoms.